The van der Waals surface area contributed by atoms with E-state index in [-0.39, 0.29) is 17.4 Å². The van der Waals surface area contributed by atoms with Crippen molar-refractivity contribution >= 4 is 5.91 Å². The molecule has 0 N–H and O–H groups in total. The molecule has 1 aliphatic heterocycles. The van der Waals surface area contributed by atoms with E-state index >= 15 is 0 Å². The molecule has 1 aromatic rings. The molecule has 20 heavy (non-hydrogen) atoms. The fourth-order valence-electron chi connectivity index (χ4n) is 2.31. The van der Waals surface area contributed by atoms with Crippen molar-refractivity contribution in [3.63, 3.8) is 0 Å². The van der Waals surface area contributed by atoms with Crippen LogP contribution < -0.4 is 4.74 Å². The van der Waals surface area contributed by atoms with E-state index in [0.29, 0.717) is 12.3 Å². The largest absolute Gasteiger partial charge is 0.474 e. The molecule has 0 atom stereocenters. The molecule has 2 rings (SSSR count). The maximum atomic E-state index is 12.1. The fourth-order valence-corrected chi connectivity index (χ4v) is 2.31. The molecule has 5 nitrogen and oxygen atoms in total. The van der Waals surface area contributed by atoms with Crippen LogP contribution in [0.4, 0.5) is 0 Å². The van der Waals surface area contributed by atoms with Gasteiger partial charge in [-0.25, -0.2) is 9.97 Å². The van der Waals surface area contributed by atoms with Gasteiger partial charge < -0.3 is 9.64 Å². The molecule has 0 aliphatic carbocycles. The quantitative estimate of drug-likeness (QED) is 0.850. The van der Waals surface area contributed by atoms with E-state index in [9.17, 15) is 4.79 Å². The van der Waals surface area contributed by atoms with Gasteiger partial charge in [0.15, 0.2) is 0 Å². The number of aromatic nitrogens is 2. The van der Waals surface area contributed by atoms with Crippen LogP contribution in [0.1, 0.15) is 40.0 Å². The predicted molar refractivity (Wildman–Crippen MR) is 76.3 cm³/mol. The van der Waals surface area contributed by atoms with Crippen molar-refractivity contribution in [2.24, 2.45) is 5.41 Å². The Balaban J connectivity index is 1.79. The second kappa shape index (κ2) is 6.20. The lowest BCUT2D eigenvalue weighted by Crippen LogP contribution is -2.42. The lowest BCUT2D eigenvalue weighted by Gasteiger charge is -2.33. The minimum atomic E-state index is 0.0470. The molecule has 0 bridgehead atoms. The first-order valence-corrected chi connectivity index (χ1v) is 7.14. The van der Waals surface area contributed by atoms with Crippen LogP contribution in [0.25, 0.3) is 0 Å². The summed E-state index contributed by atoms with van der Waals surface area (Å²) in [7, 11) is 0. The number of amides is 1. The first-order valence-electron chi connectivity index (χ1n) is 7.14. The van der Waals surface area contributed by atoms with Gasteiger partial charge in [0.1, 0.15) is 12.4 Å². The summed E-state index contributed by atoms with van der Waals surface area (Å²) >= 11 is 0. The van der Waals surface area contributed by atoms with Crippen LogP contribution in [0.2, 0.25) is 0 Å². The Morgan fingerprint density at radius 3 is 2.65 bits per heavy atom. The van der Waals surface area contributed by atoms with Crippen LogP contribution >= 0.6 is 0 Å². The van der Waals surface area contributed by atoms with Crippen molar-refractivity contribution in [1.29, 1.82) is 0 Å². The Bertz CT molecular complexity index is 434. The molecule has 0 unspecified atom stereocenters. The van der Waals surface area contributed by atoms with Crippen molar-refractivity contribution in [3.8, 4) is 5.88 Å². The number of hydrogen-bond donors (Lipinski definition) is 0. The van der Waals surface area contributed by atoms with Gasteiger partial charge in [-0.3, -0.25) is 4.79 Å². The lowest BCUT2D eigenvalue weighted by atomic mass is 9.91. The van der Waals surface area contributed by atoms with Crippen molar-refractivity contribution in [2.45, 2.75) is 46.1 Å². The molecule has 0 radical (unpaired) electrons. The zero-order valence-electron chi connectivity index (χ0n) is 12.5. The zero-order valence-corrected chi connectivity index (χ0v) is 12.5. The highest BCUT2D eigenvalue weighted by atomic mass is 16.5. The summed E-state index contributed by atoms with van der Waals surface area (Å²) in [4.78, 5) is 22.0. The third-order valence-corrected chi connectivity index (χ3v) is 3.32. The van der Waals surface area contributed by atoms with Gasteiger partial charge in [-0.15, -0.1) is 0 Å². The molecular weight excluding hydrogens is 254 g/mol. The second-order valence-corrected chi connectivity index (χ2v) is 6.48. The van der Waals surface area contributed by atoms with Crippen LogP contribution in [0, 0.1) is 5.41 Å². The normalized spacial score (nSPS) is 17.1. The number of piperidine rings is 1. The molecule has 2 heterocycles. The summed E-state index contributed by atoms with van der Waals surface area (Å²) in [6.45, 7) is 7.82. The second-order valence-electron chi connectivity index (χ2n) is 6.48. The van der Waals surface area contributed by atoms with E-state index in [2.05, 4.69) is 30.7 Å². The third-order valence-electron chi connectivity index (χ3n) is 3.32. The molecular formula is C15H23N3O2. The standard InChI is InChI=1S/C15H23N3O2/c1-15(2,3)10-14(19)18-8-5-12(6-9-18)20-13-4-7-16-11-17-13/h4,7,11-12H,5-6,8-10H2,1-3H3. The van der Waals surface area contributed by atoms with E-state index in [4.69, 9.17) is 4.74 Å². The van der Waals surface area contributed by atoms with Crippen LogP contribution in [0.5, 0.6) is 5.88 Å². The molecule has 1 fully saturated rings. The summed E-state index contributed by atoms with van der Waals surface area (Å²) in [5.74, 6) is 0.859. The Kier molecular flexibility index (Phi) is 4.57. The first-order chi connectivity index (χ1) is 9.44. The molecule has 0 aromatic carbocycles. The van der Waals surface area contributed by atoms with Crippen molar-refractivity contribution in [3.05, 3.63) is 18.6 Å². The van der Waals surface area contributed by atoms with E-state index in [1.165, 1.54) is 6.33 Å². The maximum Gasteiger partial charge on any atom is 0.223 e. The van der Waals surface area contributed by atoms with Gasteiger partial charge >= 0.3 is 0 Å². The number of ether oxygens (including phenoxy) is 1. The van der Waals surface area contributed by atoms with Gasteiger partial charge in [-0.05, 0) is 5.41 Å². The summed E-state index contributed by atoms with van der Waals surface area (Å²) in [5.41, 5.74) is 0.0470. The summed E-state index contributed by atoms with van der Waals surface area (Å²) in [5, 5.41) is 0. The van der Waals surface area contributed by atoms with Crippen molar-refractivity contribution in [2.75, 3.05) is 13.1 Å². The topological polar surface area (TPSA) is 55.3 Å². The molecule has 5 heteroatoms. The third kappa shape index (κ3) is 4.47. The summed E-state index contributed by atoms with van der Waals surface area (Å²) in [6.07, 6.45) is 5.62. The van der Waals surface area contributed by atoms with Gasteiger partial charge in [0.05, 0.1) is 0 Å². The zero-order chi connectivity index (χ0) is 14.6. The van der Waals surface area contributed by atoms with E-state index < -0.39 is 0 Å². The van der Waals surface area contributed by atoms with Gasteiger partial charge in [-0.2, -0.15) is 0 Å². The Hall–Kier alpha value is -1.65. The molecule has 1 amide bonds. The Morgan fingerprint density at radius 2 is 2.10 bits per heavy atom. The van der Waals surface area contributed by atoms with Gasteiger partial charge in [0.25, 0.3) is 0 Å². The summed E-state index contributed by atoms with van der Waals surface area (Å²) < 4.78 is 5.80. The molecule has 0 saturated carbocycles. The number of hydrogen-bond acceptors (Lipinski definition) is 4. The number of carbonyl (C=O) groups is 1. The van der Waals surface area contributed by atoms with Crippen molar-refractivity contribution in [1.82, 2.24) is 14.9 Å². The van der Waals surface area contributed by atoms with Crippen LogP contribution in [0.15, 0.2) is 18.6 Å². The summed E-state index contributed by atoms with van der Waals surface area (Å²) in [6, 6.07) is 1.76. The minimum Gasteiger partial charge on any atom is -0.474 e. The van der Waals surface area contributed by atoms with Gasteiger partial charge in [0, 0.05) is 44.6 Å². The van der Waals surface area contributed by atoms with Gasteiger partial charge in [-0.1, -0.05) is 20.8 Å². The van der Waals surface area contributed by atoms with Crippen molar-refractivity contribution < 1.29 is 9.53 Å². The van der Waals surface area contributed by atoms with Crippen LogP contribution in [-0.4, -0.2) is 40.0 Å². The molecule has 1 aliphatic rings. The van der Waals surface area contributed by atoms with E-state index in [1.54, 1.807) is 12.3 Å². The van der Waals surface area contributed by atoms with E-state index in [0.717, 1.165) is 25.9 Å². The smallest absolute Gasteiger partial charge is 0.223 e. The number of rotatable bonds is 3. The Morgan fingerprint density at radius 1 is 1.40 bits per heavy atom. The highest BCUT2D eigenvalue weighted by Gasteiger charge is 2.26. The number of likely N-dealkylation sites (tertiary alicyclic amines) is 1. The maximum absolute atomic E-state index is 12.1. The fraction of sp³-hybridized carbons (Fsp3) is 0.667. The molecule has 110 valence electrons. The monoisotopic (exact) mass is 277 g/mol. The van der Waals surface area contributed by atoms with Crippen LogP contribution in [-0.2, 0) is 4.79 Å². The SMILES string of the molecule is CC(C)(C)CC(=O)N1CCC(Oc2ccncn2)CC1. The van der Waals surface area contributed by atoms with Crippen LogP contribution in [0.3, 0.4) is 0 Å². The van der Waals surface area contributed by atoms with E-state index in [1.807, 2.05) is 4.90 Å². The number of carbonyl (C=O) groups excluding carboxylic acids is 1. The predicted octanol–water partition coefficient (Wildman–Crippen LogP) is 2.28. The highest BCUT2D eigenvalue weighted by molar-refractivity contribution is 5.76. The first kappa shape index (κ1) is 14.8. The molecule has 1 aromatic heterocycles. The minimum absolute atomic E-state index is 0.0470. The highest BCUT2D eigenvalue weighted by Crippen LogP contribution is 2.22. The number of nitrogens with zero attached hydrogens (tertiary/aromatic N) is 3. The van der Waals surface area contributed by atoms with Gasteiger partial charge in [0.2, 0.25) is 11.8 Å². The molecule has 0 spiro atoms. The average molecular weight is 277 g/mol. The lowest BCUT2D eigenvalue weighted by molar-refractivity contribution is -0.134. The average Bonchev–Trinajstić information content (AvgIpc) is 2.39. The molecule has 1 saturated heterocycles. The Labute approximate surface area is 120 Å².